The van der Waals surface area contributed by atoms with Gasteiger partial charge in [0, 0.05) is 0 Å². The molecule has 0 nitrogen and oxygen atoms in total. The van der Waals surface area contributed by atoms with Crippen LogP contribution in [0, 0.1) is 0 Å². The fourth-order valence-corrected chi connectivity index (χ4v) is 2.30. The summed E-state index contributed by atoms with van der Waals surface area (Å²) < 4.78 is 0. The van der Waals surface area contributed by atoms with Gasteiger partial charge in [-0.15, -0.1) is 0 Å². The Morgan fingerprint density at radius 3 is 2.30 bits per heavy atom. The lowest BCUT2D eigenvalue weighted by Gasteiger charge is -2.06. The average Bonchev–Trinajstić information content (AvgIpc) is 2.52. The van der Waals surface area contributed by atoms with Crippen molar-refractivity contribution in [2.75, 3.05) is 0 Å². The Morgan fingerprint density at radius 2 is 1.65 bits per heavy atom. The molecule has 0 aliphatic heterocycles. The Hall–Kier alpha value is -1.82. The van der Waals surface area contributed by atoms with Crippen molar-refractivity contribution in [2.45, 2.75) is 39.0 Å². The van der Waals surface area contributed by atoms with Gasteiger partial charge in [0.1, 0.15) is 0 Å². The molecule has 0 aliphatic carbocycles. The largest absolute Gasteiger partial charge is 0.0767 e. The number of unbranched alkanes of at least 4 members (excludes halogenated alkanes) is 1. The summed E-state index contributed by atoms with van der Waals surface area (Å²) in [5.41, 5.74) is 4.09. The smallest absolute Gasteiger partial charge is 0.000711 e. The second-order valence-electron chi connectivity index (χ2n) is 5.40. The molecular weight excluding hydrogens is 240 g/mol. The third kappa shape index (κ3) is 4.38. The quantitative estimate of drug-likeness (QED) is 0.614. The van der Waals surface area contributed by atoms with E-state index in [-0.39, 0.29) is 0 Å². The summed E-state index contributed by atoms with van der Waals surface area (Å²) in [7, 11) is 0. The summed E-state index contributed by atoms with van der Waals surface area (Å²) in [6.07, 6.45) is 8.23. The van der Waals surface area contributed by atoms with Gasteiger partial charge in [0.25, 0.3) is 0 Å². The van der Waals surface area contributed by atoms with Crippen molar-refractivity contribution in [1.29, 1.82) is 0 Å². The summed E-state index contributed by atoms with van der Waals surface area (Å²) >= 11 is 0. The molecule has 2 aromatic carbocycles. The fraction of sp³-hybridized carbons (Fsp3) is 0.300. The predicted octanol–water partition coefficient (Wildman–Crippen LogP) is 5.85. The highest BCUT2D eigenvalue weighted by Gasteiger charge is 1.99. The number of rotatable bonds is 6. The molecule has 0 spiro atoms. The van der Waals surface area contributed by atoms with Gasteiger partial charge in [-0.25, -0.2) is 0 Å². The topological polar surface area (TPSA) is 0 Å². The molecule has 104 valence electrons. The van der Waals surface area contributed by atoms with Gasteiger partial charge in [-0.2, -0.15) is 0 Å². The van der Waals surface area contributed by atoms with E-state index in [0.29, 0.717) is 5.92 Å². The Morgan fingerprint density at radius 1 is 0.950 bits per heavy atom. The Kier molecular flexibility index (Phi) is 5.61. The summed E-state index contributed by atoms with van der Waals surface area (Å²) in [5.74, 6) is 0.455. The fourth-order valence-electron chi connectivity index (χ4n) is 2.30. The minimum Gasteiger partial charge on any atom is -0.0767 e. The van der Waals surface area contributed by atoms with Gasteiger partial charge in [-0.1, -0.05) is 87.0 Å². The standard InChI is InChI=1S/C20H24/c1-3-4-8-18-13-15-19(16-14-18)12-11-17(2)20-9-6-5-7-10-20/h5-7,9-17H,3-4,8H2,1-2H3. The molecule has 20 heavy (non-hydrogen) atoms. The van der Waals surface area contributed by atoms with Crippen molar-refractivity contribution in [1.82, 2.24) is 0 Å². The molecule has 0 amide bonds. The SMILES string of the molecule is CCCCc1ccc(C=CC(C)c2ccccc2)cc1. The average molecular weight is 264 g/mol. The van der Waals surface area contributed by atoms with Gasteiger partial charge < -0.3 is 0 Å². The lowest BCUT2D eigenvalue weighted by Crippen LogP contribution is -1.88. The van der Waals surface area contributed by atoms with Crippen LogP contribution in [0.3, 0.4) is 0 Å². The molecule has 0 fully saturated rings. The zero-order valence-corrected chi connectivity index (χ0v) is 12.5. The Balaban J connectivity index is 1.97. The summed E-state index contributed by atoms with van der Waals surface area (Å²) in [5, 5.41) is 0. The van der Waals surface area contributed by atoms with Crippen LogP contribution in [0.15, 0.2) is 60.7 Å². The summed E-state index contributed by atoms with van der Waals surface area (Å²) in [6.45, 7) is 4.48. The van der Waals surface area contributed by atoms with Crippen LogP contribution >= 0.6 is 0 Å². The maximum Gasteiger partial charge on any atom is -0.000711 e. The molecule has 2 aromatic rings. The van der Waals surface area contributed by atoms with E-state index in [1.54, 1.807) is 0 Å². The molecule has 1 unspecified atom stereocenters. The normalized spacial score (nSPS) is 12.7. The van der Waals surface area contributed by atoms with Crippen LogP contribution in [0.5, 0.6) is 0 Å². The van der Waals surface area contributed by atoms with Crippen LogP contribution in [0.1, 0.15) is 49.3 Å². The van der Waals surface area contributed by atoms with E-state index in [1.807, 2.05) is 0 Å². The van der Waals surface area contributed by atoms with E-state index in [9.17, 15) is 0 Å². The zero-order valence-electron chi connectivity index (χ0n) is 12.5. The molecule has 0 saturated carbocycles. The van der Waals surface area contributed by atoms with Crippen LogP contribution in [0.4, 0.5) is 0 Å². The van der Waals surface area contributed by atoms with Crippen molar-refractivity contribution in [3.8, 4) is 0 Å². The molecule has 0 heterocycles. The maximum absolute atomic E-state index is 2.27. The highest BCUT2D eigenvalue weighted by atomic mass is 14.0. The zero-order chi connectivity index (χ0) is 14.2. The van der Waals surface area contributed by atoms with Crippen molar-refractivity contribution < 1.29 is 0 Å². The first-order chi connectivity index (χ1) is 9.79. The van der Waals surface area contributed by atoms with Crippen LogP contribution in [0.25, 0.3) is 6.08 Å². The van der Waals surface area contributed by atoms with Crippen molar-refractivity contribution >= 4 is 6.08 Å². The third-order valence-corrected chi connectivity index (χ3v) is 3.70. The number of hydrogen-bond acceptors (Lipinski definition) is 0. The summed E-state index contributed by atoms with van der Waals surface area (Å²) in [6, 6.07) is 19.6. The van der Waals surface area contributed by atoms with Gasteiger partial charge in [-0.3, -0.25) is 0 Å². The number of allylic oxidation sites excluding steroid dienone is 1. The van der Waals surface area contributed by atoms with E-state index in [2.05, 4.69) is 80.6 Å². The highest BCUT2D eigenvalue weighted by Crippen LogP contribution is 2.18. The molecule has 0 bridgehead atoms. The van der Waals surface area contributed by atoms with Crippen molar-refractivity contribution in [3.05, 3.63) is 77.4 Å². The molecule has 2 rings (SSSR count). The molecular formula is C20H24. The van der Waals surface area contributed by atoms with Gasteiger partial charge in [-0.05, 0) is 35.4 Å². The minimum atomic E-state index is 0.455. The van der Waals surface area contributed by atoms with Crippen molar-refractivity contribution in [2.24, 2.45) is 0 Å². The van der Waals surface area contributed by atoms with Gasteiger partial charge in [0.15, 0.2) is 0 Å². The molecule has 1 atom stereocenters. The lowest BCUT2D eigenvalue weighted by molar-refractivity contribution is 0.795. The van der Waals surface area contributed by atoms with Crippen LogP contribution < -0.4 is 0 Å². The van der Waals surface area contributed by atoms with Crippen molar-refractivity contribution in [3.63, 3.8) is 0 Å². The Bertz CT molecular complexity index is 520. The first kappa shape index (κ1) is 14.6. The molecule has 0 saturated heterocycles. The van der Waals surface area contributed by atoms with Crippen LogP contribution in [-0.4, -0.2) is 0 Å². The molecule has 0 aromatic heterocycles. The van der Waals surface area contributed by atoms with E-state index in [4.69, 9.17) is 0 Å². The first-order valence-corrected chi connectivity index (χ1v) is 7.61. The van der Waals surface area contributed by atoms with E-state index in [0.717, 1.165) is 0 Å². The minimum absolute atomic E-state index is 0.455. The van der Waals surface area contributed by atoms with E-state index in [1.165, 1.54) is 36.0 Å². The summed E-state index contributed by atoms with van der Waals surface area (Å²) in [4.78, 5) is 0. The number of benzene rings is 2. The first-order valence-electron chi connectivity index (χ1n) is 7.61. The second-order valence-corrected chi connectivity index (χ2v) is 5.40. The lowest BCUT2D eigenvalue weighted by atomic mass is 9.99. The third-order valence-electron chi connectivity index (χ3n) is 3.70. The molecule has 0 heteroatoms. The number of aryl methyl sites for hydroxylation is 1. The van der Waals surface area contributed by atoms with E-state index >= 15 is 0 Å². The molecule has 0 aliphatic rings. The maximum atomic E-state index is 2.27. The predicted molar refractivity (Wildman–Crippen MR) is 88.9 cm³/mol. The van der Waals surface area contributed by atoms with Gasteiger partial charge in [0.2, 0.25) is 0 Å². The highest BCUT2D eigenvalue weighted by molar-refractivity contribution is 5.51. The molecule has 0 radical (unpaired) electrons. The molecule has 0 N–H and O–H groups in total. The number of hydrogen-bond donors (Lipinski definition) is 0. The van der Waals surface area contributed by atoms with E-state index < -0.39 is 0 Å². The monoisotopic (exact) mass is 264 g/mol. The Labute approximate surface area is 123 Å². The second kappa shape index (κ2) is 7.69. The van der Waals surface area contributed by atoms with Gasteiger partial charge in [0.05, 0.1) is 0 Å². The van der Waals surface area contributed by atoms with Gasteiger partial charge >= 0.3 is 0 Å². The van der Waals surface area contributed by atoms with Crippen LogP contribution in [-0.2, 0) is 6.42 Å². The van der Waals surface area contributed by atoms with Crippen LogP contribution in [0.2, 0.25) is 0 Å².